The van der Waals surface area contributed by atoms with Crippen LogP contribution in [0.15, 0.2) is 30.5 Å². The van der Waals surface area contributed by atoms with E-state index in [0.717, 1.165) is 30.2 Å². The maximum absolute atomic E-state index is 14.6. The van der Waals surface area contributed by atoms with E-state index in [1.165, 1.54) is 83.5 Å². The van der Waals surface area contributed by atoms with Gasteiger partial charge in [0.1, 0.15) is 48.3 Å². The molecular weight excluding hydrogens is 1040 g/mol. The Kier molecular flexibility index (Phi) is 30.5. The smallest absolute Gasteiger partial charge is 0.245 e. The van der Waals surface area contributed by atoms with Crippen LogP contribution >= 0.6 is 0 Å². The lowest BCUT2D eigenvalue weighted by molar-refractivity contribution is -0.143. The van der Waals surface area contributed by atoms with Crippen molar-refractivity contribution < 1.29 is 53.4 Å². The van der Waals surface area contributed by atoms with Crippen molar-refractivity contribution in [1.29, 1.82) is 0 Å². The molecule has 0 aliphatic carbocycles. The van der Waals surface area contributed by atoms with E-state index in [0.29, 0.717) is 18.4 Å². The highest BCUT2D eigenvalue weighted by Gasteiger charge is 2.41. The summed E-state index contributed by atoms with van der Waals surface area (Å²) in [7, 11) is 0. The third kappa shape index (κ3) is 23.7. The molecular formula is C60H100N10O11. The zero-order valence-electron chi connectivity index (χ0n) is 50.1. The largest absolute Gasteiger partial charge is 0.391 e. The fraction of sp³-hybridized carbons (Fsp3) is 0.717. The molecule has 21 heteroatoms. The number of primary amides is 1. The highest BCUT2D eigenvalue weighted by atomic mass is 16.3. The predicted molar refractivity (Wildman–Crippen MR) is 313 cm³/mol. The number of nitrogens with two attached hydrogens (primary N) is 1. The second-order valence-corrected chi connectivity index (χ2v) is 23.6. The first-order valence-electron chi connectivity index (χ1n) is 30.0. The van der Waals surface area contributed by atoms with E-state index in [1.807, 2.05) is 52.0 Å². The van der Waals surface area contributed by atoms with Crippen LogP contribution in [0.5, 0.6) is 0 Å². The standard InChI is InChI=1S/C60H100N10O11/c1-11-12-13-14-15-16-17-18-19-20-21-22-23-30-49(73)67-50(38(6)7)58(79)69-52(41(10)72)59(80)66-47(33-37(4)5)60(81)70-31-26-29-48(70)57(78)65-45(32-36(2)3)56(77)64-46(34-42-35-62-44-28-25-24-27-43(42)44)55(76)63-39(8)54(75)68-51(40(9)71)53(61)74/h24-25,27-28,35-41,45-48,50-52,62,71-72H,11-23,26,29-34H2,1-10H3,(H2,61,74)(H,63,76)(H,64,77)(H,65,78)(H,66,80)(H,67,73)(H,68,75)(H,69,79)/t39-,40+,41+,45-,46-,47-,48-,50-,51-,52-/m0/s1. The van der Waals surface area contributed by atoms with Gasteiger partial charge in [-0.2, -0.15) is 0 Å². The zero-order chi connectivity index (χ0) is 60.3. The number of rotatable bonds is 38. The van der Waals surface area contributed by atoms with Gasteiger partial charge in [-0.05, 0) is 82.3 Å². The van der Waals surface area contributed by atoms with Gasteiger partial charge in [0.05, 0.1) is 12.2 Å². The van der Waals surface area contributed by atoms with Gasteiger partial charge in [-0.1, -0.05) is 144 Å². The van der Waals surface area contributed by atoms with Crippen LogP contribution in [0.2, 0.25) is 0 Å². The molecule has 456 valence electrons. The van der Waals surface area contributed by atoms with Crippen LogP contribution in [0.1, 0.15) is 190 Å². The number of aromatic nitrogens is 1. The molecule has 1 aliphatic rings. The minimum atomic E-state index is -1.50. The van der Waals surface area contributed by atoms with Crippen molar-refractivity contribution in [3.63, 3.8) is 0 Å². The monoisotopic (exact) mass is 1140 g/mol. The second kappa shape index (κ2) is 35.7. The fourth-order valence-corrected chi connectivity index (χ4v) is 10.2. The summed E-state index contributed by atoms with van der Waals surface area (Å²) in [4.78, 5) is 128. The molecule has 81 heavy (non-hydrogen) atoms. The molecule has 1 aromatic carbocycles. The number of carbonyl (C=O) groups is 9. The van der Waals surface area contributed by atoms with Crippen molar-refractivity contribution in [2.24, 2.45) is 23.5 Å². The number of nitrogens with zero attached hydrogens (tertiary/aromatic N) is 1. The lowest BCUT2D eigenvalue weighted by Gasteiger charge is -2.32. The van der Waals surface area contributed by atoms with Crippen molar-refractivity contribution in [1.82, 2.24) is 47.1 Å². The highest BCUT2D eigenvalue weighted by molar-refractivity contribution is 5.98. The molecule has 0 radical (unpaired) electrons. The molecule has 21 nitrogen and oxygen atoms in total. The lowest BCUT2D eigenvalue weighted by Crippen LogP contribution is -2.62. The summed E-state index contributed by atoms with van der Waals surface area (Å²) in [6.07, 6.45) is 15.4. The van der Waals surface area contributed by atoms with Crippen LogP contribution in [0.25, 0.3) is 10.9 Å². The summed E-state index contributed by atoms with van der Waals surface area (Å²) in [5, 5.41) is 40.4. The molecule has 12 N–H and O–H groups in total. The Balaban J connectivity index is 1.71. The molecule has 2 heterocycles. The van der Waals surface area contributed by atoms with E-state index in [9.17, 15) is 53.4 Å². The van der Waals surface area contributed by atoms with Gasteiger partial charge in [0, 0.05) is 36.5 Å². The van der Waals surface area contributed by atoms with Gasteiger partial charge in [0.2, 0.25) is 53.2 Å². The summed E-state index contributed by atoms with van der Waals surface area (Å²) >= 11 is 0. The molecule has 1 aliphatic heterocycles. The number of amides is 9. The molecule has 3 rings (SSSR count). The molecule has 10 atom stereocenters. The Bertz CT molecular complexity index is 2340. The van der Waals surface area contributed by atoms with Crippen LogP contribution < -0.4 is 43.0 Å². The second-order valence-electron chi connectivity index (χ2n) is 23.6. The quantitative estimate of drug-likeness (QED) is 0.0413. The molecule has 1 fully saturated rings. The number of hydrogen-bond donors (Lipinski definition) is 11. The number of benzene rings is 1. The Morgan fingerprint density at radius 1 is 0.593 bits per heavy atom. The average Bonchev–Trinajstić information content (AvgIpc) is 4.16. The molecule has 9 amide bonds. The van der Waals surface area contributed by atoms with E-state index in [4.69, 9.17) is 5.73 Å². The van der Waals surface area contributed by atoms with Gasteiger partial charge in [-0.3, -0.25) is 43.2 Å². The predicted octanol–water partition coefficient (Wildman–Crippen LogP) is 4.59. The van der Waals surface area contributed by atoms with Crippen molar-refractivity contribution in [2.75, 3.05) is 6.54 Å². The van der Waals surface area contributed by atoms with Crippen LogP contribution in [-0.2, 0) is 49.6 Å². The van der Waals surface area contributed by atoms with E-state index in [1.54, 1.807) is 20.0 Å². The van der Waals surface area contributed by atoms with Crippen LogP contribution in [0.3, 0.4) is 0 Å². The van der Waals surface area contributed by atoms with Gasteiger partial charge in [-0.25, -0.2) is 0 Å². The zero-order valence-corrected chi connectivity index (χ0v) is 50.1. The van der Waals surface area contributed by atoms with Gasteiger partial charge in [0.15, 0.2) is 0 Å². The topological polar surface area (TPSA) is 323 Å². The first-order chi connectivity index (χ1) is 38.4. The third-order valence-electron chi connectivity index (χ3n) is 14.9. The number of H-pyrrole nitrogens is 1. The summed E-state index contributed by atoms with van der Waals surface area (Å²) in [6, 6.07) is -2.56. The Labute approximate surface area is 480 Å². The molecule has 0 spiro atoms. The molecule has 0 bridgehead atoms. The maximum Gasteiger partial charge on any atom is 0.245 e. The van der Waals surface area contributed by atoms with E-state index in [-0.39, 0.29) is 62.3 Å². The molecule has 0 unspecified atom stereocenters. The van der Waals surface area contributed by atoms with Crippen molar-refractivity contribution in [3.8, 4) is 0 Å². The number of para-hydroxylation sites is 1. The SMILES string of the molecule is CCCCCCCCCCCCCCCC(=O)N[C@H](C(=O)N[C@H](C(=O)N[C@@H](CC(C)C)C(=O)N1CCC[C@H]1C(=O)N[C@@H](CC(C)C)C(=O)N[C@@H](Cc1c[nH]c2ccccc12)C(=O)N[C@@H](C)C(=O)N[C@H](C(N)=O)[C@@H](C)O)[C@@H](C)O)C(C)C. The van der Waals surface area contributed by atoms with Crippen LogP contribution in [0, 0.1) is 17.8 Å². The fourth-order valence-electron chi connectivity index (χ4n) is 10.2. The maximum atomic E-state index is 14.6. The van der Waals surface area contributed by atoms with Gasteiger partial charge in [0.25, 0.3) is 0 Å². The van der Waals surface area contributed by atoms with Gasteiger partial charge >= 0.3 is 0 Å². The van der Waals surface area contributed by atoms with Crippen LogP contribution in [0.4, 0.5) is 0 Å². The molecule has 2 aromatic rings. The number of aliphatic hydroxyl groups is 2. The molecule has 1 saturated heterocycles. The minimum absolute atomic E-state index is 0.0439. The van der Waals surface area contributed by atoms with Crippen molar-refractivity contribution in [3.05, 3.63) is 36.0 Å². The van der Waals surface area contributed by atoms with Gasteiger partial charge < -0.3 is 63.0 Å². The van der Waals surface area contributed by atoms with E-state index < -0.39 is 108 Å². The number of aliphatic hydroxyl groups excluding tert-OH is 2. The molecule has 0 saturated carbocycles. The average molecular weight is 1140 g/mol. The van der Waals surface area contributed by atoms with Gasteiger partial charge in [-0.15, -0.1) is 0 Å². The van der Waals surface area contributed by atoms with Crippen LogP contribution in [-0.4, -0.2) is 140 Å². The summed E-state index contributed by atoms with van der Waals surface area (Å²) in [5.41, 5.74) is 6.81. The first-order valence-corrected chi connectivity index (χ1v) is 30.0. The van der Waals surface area contributed by atoms with E-state index >= 15 is 0 Å². The minimum Gasteiger partial charge on any atom is -0.391 e. The summed E-state index contributed by atoms with van der Waals surface area (Å²) < 4.78 is 0. The first kappa shape index (κ1) is 69.2. The number of hydrogen-bond acceptors (Lipinski definition) is 11. The normalized spacial score (nSPS) is 16.8. The Hall–Kier alpha value is -6.09. The number of likely N-dealkylation sites (tertiary alicyclic amines) is 1. The number of fused-ring (bicyclic) bond motifs is 1. The molecule has 1 aromatic heterocycles. The number of nitrogens with one attached hydrogen (secondary N) is 8. The van der Waals surface area contributed by atoms with Crippen molar-refractivity contribution >= 4 is 64.1 Å². The summed E-state index contributed by atoms with van der Waals surface area (Å²) in [5.74, 6) is -6.89. The Morgan fingerprint density at radius 3 is 1.67 bits per heavy atom. The lowest BCUT2D eigenvalue weighted by atomic mass is 9.99. The Morgan fingerprint density at radius 2 is 1.11 bits per heavy atom. The number of carbonyl (C=O) groups excluding carboxylic acids is 9. The van der Waals surface area contributed by atoms with E-state index in [2.05, 4.69) is 49.1 Å². The number of aromatic amines is 1. The third-order valence-corrected chi connectivity index (χ3v) is 14.9. The van der Waals surface area contributed by atoms with Crippen molar-refractivity contribution in [2.45, 2.75) is 252 Å². The number of unbranched alkanes of at least 4 members (excludes halogenated alkanes) is 12. The highest BCUT2D eigenvalue weighted by Crippen LogP contribution is 2.23. The summed E-state index contributed by atoms with van der Waals surface area (Å²) in [6.45, 7) is 17.3.